The Balaban J connectivity index is 2.74. The lowest BCUT2D eigenvalue weighted by molar-refractivity contribution is -0.140. The van der Waals surface area contributed by atoms with E-state index in [1.54, 1.807) is 14.2 Å². The number of halogens is 1. The molecular weight excluding hydrogens is 326 g/mol. The Morgan fingerprint density at radius 1 is 1.25 bits per heavy atom. The lowest BCUT2D eigenvalue weighted by Crippen LogP contribution is -2.24. The van der Waals surface area contributed by atoms with Gasteiger partial charge in [0.1, 0.15) is 0 Å². The number of benzene rings is 1. The lowest BCUT2D eigenvalue weighted by Gasteiger charge is -2.15. The molecule has 0 amide bonds. The van der Waals surface area contributed by atoms with Crippen molar-refractivity contribution in [3.8, 4) is 11.5 Å². The Labute approximate surface area is 127 Å². The highest BCUT2D eigenvalue weighted by atomic mass is 79.9. The van der Waals surface area contributed by atoms with Crippen LogP contribution in [0.1, 0.15) is 18.4 Å². The summed E-state index contributed by atoms with van der Waals surface area (Å²) in [6.45, 7) is 0. The molecule has 6 heteroatoms. The van der Waals surface area contributed by atoms with Crippen molar-refractivity contribution in [1.82, 2.24) is 0 Å². The second kappa shape index (κ2) is 8.11. The quantitative estimate of drug-likeness (QED) is 0.767. The van der Waals surface area contributed by atoms with E-state index in [4.69, 9.17) is 15.2 Å². The fraction of sp³-hybridized carbons (Fsp3) is 0.500. The number of esters is 1. The van der Waals surface area contributed by atoms with Gasteiger partial charge in [0.15, 0.2) is 11.5 Å². The number of carbonyl (C=O) groups is 1. The van der Waals surface area contributed by atoms with Gasteiger partial charge < -0.3 is 19.9 Å². The maximum absolute atomic E-state index is 11.1. The summed E-state index contributed by atoms with van der Waals surface area (Å²) in [6.07, 6.45) is 1.54. The minimum atomic E-state index is -0.244. The minimum absolute atomic E-state index is 0.122. The second-order valence-electron chi connectivity index (χ2n) is 4.38. The molecule has 0 aliphatic rings. The van der Waals surface area contributed by atoms with Crippen molar-refractivity contribution >= 4 is 21.9 Å². The standard InChI is InChI=1S/C14H20BrNO4/c1-18-12-7-9(11(15)8-13(12)19-2)6-10(16)4-5-14(17)20-3/h7-8,10H,4-6,16H2,1-3H3. The molecule has 0 aliphatic carbocycles. The Morgan fingerprint density at radius 3 is 2.40 bits per heavy atom. The van der Waals surface area contributed by atoms with Gasteiger partial charge in [-0.15, -0.1) is 0 Å². The molecule has 0 saturated heterocycles. The Kier molecular flexibility index (Phi) is 6.81. The van der Waals surface area contributed by atoms with Crippen LogP contribution in [0.25, 0.3) is 0 Å². The molecule has 0 bridgehead atoms. The van der Waals surface area contributed by atoms with Crippen LogP contribution in [0.2, 0.25) is 0 Å². The molecule has 2 N–H and O–H groups in total. The first-order valence-electron chi connectivity index (χ1n) is 6.24. The maximum atomic E-state index is 11.1. The highest BCUT2D eigenvalue weighted by molar-refractivity contribution is 9.10. The fourth-order valence-electron chi connectivity index (χ4n) is 1.84. The van der Waals surface area contributed by atoms with Gasteiger partial charge >= 0.3 is 5.97 Å². The fourth-order valence-corrected chi connectivity index (χ4v) is 2.33. The van der Waals surface area contributed by atoms with Crippen molar-refractivity contribution in [3.05, 3.63) is 22.2 Å². The molecule has 5 nitrogen and oxygen atoms in total. The van der Waals surface area contributed by atoms with Gasteiger partial charge in [-0.1, -0.05) is 15.9 Å². The van der Waals surface area contributed by atoms with Gasteiger partial charge in [-0.2, -0.15) is 0 Å². The molecule has 20 heavy (non-hydrogen) atoms. The van der Waals surface area contributed by atoms with Crippen LogP contribution in [0.4, 0.5) is 0 Å². The number of nitrogens with two attached hydrogens (primary N) is 1. The van der Waals surface area contributed by atoms with Crippen molar-refractivity contribution in [2.24, 2.45) is 5.73 Å². The van der Waals surface area contributed by atoms with Gasteiger partial charge in [0, 0.05) is 16.9 Å². The van der Waals surface area contributed by atoms with Crippen molar-refractivity contribution in [3.63, 3.8) is 0 Å². The summed E-state index contributed by atoms with van der Waals surface area (Å²) in [5.74, 6) is 1.07. The number of methoxy groups -OCH3 is 3. The van der Waals surface area contributed by atoms with Gasteiger partial charge in [-0.05, 0) is 30.5 Å². The Hall–Kier alpha value is -1.27. The highest BCUT2D eigenvalue weighted by Crippen LogP contribution is 2.33. The van der Waals surface area contributed by atoms with E-state index in [2.05, 4.69) is 20.7 Å². The molecular formula is C14H20BrNO4. The zero-order valence-electron chi connectivity index (χ0n) is 11.9. The van der Waals surface area contributed by atoms with E-state index >= 15 is 0 Å². The molecule has 1 atom stereocenters. The second-order valence-corrected chi connectivity index (χ2v) is 5.23. The normalized spacial score (nSPS) is 11.8. The molecule has 0 radical (unpaired) electrons. The van der Waals surface area contributed by atoms with Crippen LogP contribution < -0.4 is 15.2 Å². The summed E-state index contributed by atoms with van der Waals surface area (Å²) in [7, 11) is 4.55. The molecule has 0 heterocycles. The molecule has 0 aromatic heterocycles. The zero-order valence-corrected chi connectivity index (χ0v) is 13.5. The maximum Gasteiger partial charge on any atom is 0.305 e. The number of hydrogen-bond acceptors (Lipinski definition) is 5. The largest absolute Gasteiger partial charge is 0.493 e. The van der Waals surface area contributed by atoms with Crippen molar-refractivity contribution in [2.45, 2.75) is 25.3 Å². The molecule has 112 valence electrons. The van der Waals surface area contributed by atoms with E-state index < -0.39 is 0 Å². The van der Waals surface area contributed by atoms with Crippen LogP contribution in [-0.4, -0.2) is 33.3 Å². The smallest absolute Gasteiger partial charge is 0.305 e. The van der Waals surface area contributed by atoms with Crippen LogP contribution >= 0.6 is 15.9 Å². The van der Waals surface area contributed by atoms with Gasteiger partial charge in [-0.25, -0.2) is 0 Å². The van der Waals surface area contributed by atoms with E-state index in [1.807, 2.05) is 12.1 Å². The van der Waals surface area contributed by atoms with E-state index in [9.17, 15) is 4.79 Å². The Morgan fingerprint density at radius 2 is 1.85 bits per heavy atom. The third-order valence-corrected chi connectivity index (χ3v) is 3.72. The zero-order chi connectivity index (χ0) is 15.1. The van der Waals surface area contributed by atoms with Gasteiger partial charge in [-0.3, -0.25) is 4.79 Å². The van der Waals surface area contributed by atoms with E-state index in [0.29, 0.717) is 30.8 Å². The molecule has 0 aliphatic heterocycles. The van der Waals surface area contributed by atoms with Gasteiger partial charge in [0.2, 0.25) is 0 Å². The lowest BCUT2D eigenvalue weighted by atomic mass is 10.0. The van der Waals surface area contributed by atoms with Crippen LogP contribution in [0.15, 0.2) is 16.6 Å². The van der Waals surface area contributed by atoms with Crippen molar-refractivity contribution in [1.29, 1.82) is 0 Å². The summed E-state index contributed by atoms with van der Waals surface area (Å²) in [6, 6.07) is 3.62. The van der Waals surface area contributed by atoms with Crippen molar-refractivity contribution in [2.75, 3.05) is 21.3 Å². The van der Waals surface area contributed by atoms with Crippen LogP contribution in [-0.2, 0) is 16.0 Å². The third-order valence-electron chi connectivity index (χ3n) is 2.98. The van der Waals surface area contributed by atoms with Gasteiger partial charge in [0.25, 0.3) is 0 Å². The first-order chi connectivity index (χ1) is 9.51. The molecule has 1 rings (SSSR count). The van der Waals surface area contributed by atoms with E-state index in [1.165, 1.54) is 7.11 Å². The first kappa shape index (κ1) is 16.8. The average molecular weight is 346 g/mol. The van der Waals surface area contributed by atoms with E-state index in [0.717, 1.165) is 10.0 Å². The summed E-state index contributed by atoms with van der Waals surface area (Å²) < 4.78 is 16.0. The summed E-state index contributed by atoms with van der Waals surface area (Å²) in [5.41, 5.74) is 7.05. The van der Waals surface area contributed by atoms with Crippen LogP contribution in [0.3, 0.4) is 0 Å². The minimum Gasteiger partial charge on any atom is -0.493 e. The Bertz CT molecular complexity index is 465. The number of rotatable bonds is 7. The molecule has 0 spiro atoms. The topological polar surface area (TPSA) is 70.8 Å². The van der Waals surface area contributed by atoms with Crippen molar-refractivity contribution < 1.29 is 19.0 Å². The highest BCUT2D eigenvalue weighted by Gasteiger charge is 2.13. The van der Waals surface area contributed by atoms with E-state index in [-0.39, 0.29) is 12.0 Å². The number of hydrogen-bond donors (Lipinski definition) is 1. The third kappa shape index (κ3) is 4.68. The number of carbonyl (C=O) groups excluding carboxylic acids is 1. The summed E-state index contributed by atoms with van der Waals surface area (Å²) >= 11 is 3.49. The predicted octanol–water partition coefficient (Wildman–Crippen LogP) is 2.29. The SMILES string of the molecule is COC(=O)CCC(N)Cc1cc(OC)c(OC)cc1Br. The monoisotopic (exact) mass is 345 g/mol. The molecule has 0 saturated carbocycles. The molecule has 1 aromatic rings. The van der Waals surface area contributed by atoms with Crippen LogP contribution in [0, 0.1) is 0 Å². The summed E-state index contributed by atoms with van der Waals surface area (Å²) in [4.78, 5) is 11.1. The first-order valence-corrected chi connectivity index (χ1v) is 7.03. The number of ether oxygens (including phenoxy) is 3. The molecule has 0 fully saturated rings. The molecule has 1 unspecified atom stereocenters. The average Bonchev–Trinajstić information content (AvgIpc) is 2.46. The predicted molar refractivity (Wildman–Crippen MR) is 80.2 cm³/mol. The van der Waals surface area contributed by atoms with Crippen LogP contribution in [0.5, 0.6) is 11.5 Å². The summed E-state index contributed by atoms with van der Waals surface area (Å²) in [5, 5.41) is 0. The van der Waals surface area contributed by atoms with Gasteiger partial charge in [0.05, 0.1) is 21.3 Å². The molecule has 1 aromatic carbocycles.